The maximum absolute atomic E-state index is 12.1. The maximum Gasteiger partial charge on any atom is 0.347 e. The molecule has 0 aliphatic carbocycles. The van der Waals surface area contributed by atoms with Crippen molar-refractivity contribution in [2.75, 3.05) is 13.4 Å². The molecule has 32 heavy (non-hydrogen) atoms. The number of oxime groups is 1. The molecule has 2 heterocycles. The molecule has 0 saturated heterocycles. The number of hydrogen-bond donors (Lipinski definition) is 0. The zero-order chi connectivity index (χ0) is 22.7. The van der Waals surface area contributed by atoms with Crippen molar-refractivity contribution in [3.63, 3.8) is 0 Å². The SMILES string of the molecule is CCc1cc2oc(=O)cc(COC(=O)CON=C(C)c3ccc4c(c3)OCO4)c2cc1Cl. The van der Waals surface area contributed by atoms with Crippen LogP contribution in [0.25, 0.3) is 11.0 Å². The first-order chi connectivity index (χ1) is 15.4. The van der Waals surface area contributed by atoms with Crippen molar-refractivity contribution < 1.29 is 28.3 Å². The fourth-order valence-corrected chi connectivity index (χ4v) is 3.53. The molecule has 4 rings (SSSR count). The molecule has 166 valence electrons. The Labute approximate surface area is 188 Å². The van der Waals surface area contributed by atoms with Crippen LogP contribution in [-0.4, -0.2) is 25.1 Å². The number of halogens is 1. The van der Waals surface area contributed by atoms with Gasteiger partial charge >= 0.3 is 11.6 Å². The van der Waals surface area contributed by atoms with Crippen LogP contribution in [0.4, 0.5) is 0 Å². The topological polar surface area (TPSA) is 96.6 Å². The number of ether oxygens (including phenoxy) is 3. The highest BCUT2D eigenvalue weighted by atomic mass is 35.5. The van der Waals surface area contributed by atoms with Crippen LogP contribution in [0, 0.1) is 0 Å². The van der Waals surface area contributed by atoms with E-state index < -0.39 is 11.6 Å². The first-order valence-corrected chi connectivity index (χ1v) is 10.3. The molecule has 9 heteroatoms. The summed E-state index contributed by atoms with van der Waals surface area (Å²) in [7, 11) is 0. The molecule has 0 radical (unpaired) electrons. The van der Waals surface area contributed by atoms with Gasteiger partial charge in [-0.15, -0.1) is 0 Å². The van der Waals surface area contributed by atoms with E-state index >= 15 is 0 Å². The minimum absolute atomic E-state index is 0.128. The van der Waals surface area contributed by atoms with Crippen LogP contribution >= 0.6 is 11.6 Å². The number of aryl methyl sites for hydroxylation is 1. The molecule has 0 saturated carbocycles. The summed E-state index contributed by atoms with van der Waals surface area (Å²) in [5.41, 5.74) is 2.55. The summed E-state index contributed by atoms with van der Waals surface area (Å²) in [6, 6.07) is 10.1. The van der Waals surface area contributed by atoms with Crippen molar-refractivity contribution in [2.45, 2.75) is 26.9 Å². The highest BCUT2D eigenvalue weighted by molar-refractivity contribution is 6.32. The Morgan fingerprint density at radius 2 is 1.94 bits per heavy atom. The van der Waals surface area contributed by atoms with Crippen LogP contribution < -0.4 is 15.1 Å². The monoisotopic (exact) mass is 457 g/mol. The highest BCUT2D eigenvalue weighted by Crippen LogP contribution is 2.32. The van der Waals surface area contributed by atoms with Crippen LogP contribution in [0.1, 0.15) is 30.5 Å². The van der Waals surface area contributed by atoms with Gasteiger partial charge in [-0.25, -0.2) is 9.59 Å². The third-order valence-corrected chi connectivity index (χ3v) is 5.29. The number of carbonyl (C=O) groups excluding carboxylic acids is 1. The van der Waals surface area contributed by atoms with Crippen molar-refractivity contribution in [1.82, 2.24) is 0 Å². The summed E-state index contributed by atoms with van der Waals surface area (Å²) in [5, 5.41) is 5.11. The van der Waals surface area contributed by atoms with E-state index in [1.54, 1.807) is 31.2 Å². The minimum Gasteiger partial charge on any atom is -0.458 e. The van der Waals surface area contributed by atoms with Crippen molar-refractivity contribution >= 4 is 34.3 Å². The first kappa shape index (κ1) is 21.7. The van der Waals surface area contributed by atoms with Gasteiger partial charge in [0.25, 0.3) is 0 Å². The van der Waals surface area contributed by atoms with E-state index in [2.05, 4.69) is 5.16 Å². The molecule has 2 aromatic carbocycles. The van der Waals surface area contributed by atoms with E-state index in [1.807, 2.05) is 13.0 Å². The lowest BCUT2D eigenvalue weighted by Gasteiger charge is -2.09. The molecule has 0 bridgehead atoms. The maximum atomic E-state index is 12.1. The number of rotatable bonds is 7. The fraction of sp³-hybridized carbons (Fsp3) is 0.261. The average molecular weight is 458 g/mol. The highest BCUT2D eigenvalue weighted by Gasteiger charge is 2.15. The van der Waals surface area contributed by atoms with Gasteiger partial charge in [0, 0.05) is 27.6 Å². The number of esters is 1. The number of carbonyl (C=O) groups is 1. The Morgan fingerprint density at radius 1 is 1.12 bits per heavy atom. The lowest BCUT2D eigenvalue weighted by Crippen LogP contribution is -2.12. The second-order valence-electron chi connectivity index (χ2n) is 7.06. The fourth-order valence-electron chi connectivity index (χ4n) is 3.24. The number of nitrogens with zero attached hydrogens (tertiary/aromatic N) is 1. The molecule has 3 aromatic rings. The molecule has 0 fully saturated rings. The summed E-state index contributed by atoms with van der Waals surface area (Å²) in [6.07, 6.45) is 0.696. The summed E-state index contributed by atoms with van der Waals surface area (Å²) < 4.78 is 21.1. The van der Waals surface area contributed by atoms with Gasteiger partial charge in [-0.2, -0.15) is 0 Å². The third kappa shape index (κ3) is 4.70. The van der Waals surface area contributed by atoms with Crippen LogP contribution in [0.15, 0.2) is 50.8 Å². The van der Waals surface area contributed by atoms with Crippen molar-refractivity contribution in [1.29, 1.82) is 0 Å². The van der Waals surface area contributed by atoms with Crippen LogP contribution in [-0.2, 0) is 27.4 Å². The number of fused-ring (bicyclic) bond motifs is 2. The predicted molar refractivity (Wildman–Crippen MR) is 117 cm³/mol. The summed E-state index contributed by atoms with van der Waals surface area (Å²) in [5.74, 6) is 0.660. The first-order valence-electron chi connectivity index (χ1n) is 9.92. The Kier molecular flexibility index (Phi) is 6.32. The molecular formula is C23H20ClNO7. The Morgan fingerprint density at radius 3 is 2.75 bits per heavy atom. The van der Waals surface area contributed by atoms with Crippen LogP contribution in [0.2, 0.25) is 5.02 Å². The second kappa shape index (κ2) is 9.32. The van der Waals surface area contributed by atoms with Gasteiger partial charge in [-0.05, 0) is 49.2 Å². The molecule has 0 unspecified atom stereocenters. The van der Waals surface area contributed by atoms with Crippen molar-refractivity contribution in [3.8, 4) is 11.5 Å². The Balaban J connectivity index is 1.38. The van der Waals surface area contributed by atoms with Gasteiger partial charge in [0.15, 0.2) is 11.5 Å². The van der Waals surface area contributed by atoms with Gasteiger partial charge in [0.1, 0.15) is 12.2 Å². The van der Waals surface area contributed by atoms with Gasteiger partial charge < -0.3 is 23.5 Å². The number of hydrogen-bond acceptors (Lipinski definition) is 8. The van der Waals surface area contributed by atoms with Crippen LogP contribution in [0.3, 0.4) is 0 Å². The zero-order valence-electron chi connectivity index (χ0n) is 17.5. The van der Waals surface area contributed by atoms with Crippen molar-refractivity contribution in [3.05, 3.63) is 68.5 Å². The molecule has 1 aromatic heterocycles. The standard InChI is InChI=1S/C23H20ClNO7/c1-3-14-6-20-17(9-18(14)24)16(8-22(26)32-20)10-28-23(27)11-31-25-13(2)15-4-5-19-21(7-15)30-12-29-19/h4-9H,3,10-12H2,1-2H3. The van der Waals surface area contributed by atoms with E-state index in [0.717, 1.165) is 11.1 Å². The molecule has 0 amide bonds. The van der Waals surface area contributed by atoms with Gasteiger partial charge in [-0.3, -0.25) is 0 Å². The Hall–Kier alpha value is -3.52. The predicted octanol–water partition coefficient (Wildman–Crippen LogP) is 4.22. The molecule has 0 spiro atoms. The van der Waals surface area contributed by atoms with Crippen molar-refractivity contribution in [2.24, 2.45) is 5.16 Å². The molecule has 0 N–H and O–H groups in total. The molecule has 1 aliphatic heterocycles. The summed E-state index contributed by atoms with van der Waals surface area (Å²) in [6.45, 7) is 3.36. The van der Waals surface area contributed by atoms with Crippen LogP contribution in [0.5, 0.6) is 11.5 Å². The smallest absolute Gasteiger partial charge is 0.347 e. The lowest BCUT2D eigenvalue weighted by molar-refractivity contribution is -0.150. The minimum atomic E-state index is -0.634. The Bertz CT molecular complexity index is 1270. The summed E-state index contributed by atoms with van der Waals surface area (Å²) in [4.78, 5) is 29.1. The van der Waals surface area contributed by atoms with E-state index in [0.29, 0.717) is 45.2 Å². The summed E-state index contributed by atoms with van der Waals surface area (Å²) >= 11 is 6.28. The molecule has 8 nitrogen and oxygen atoms in total. The zero-order valence-corrected chi connectivity index (χ0v) is 18.2. The quantitative estimate of drug-likeness (QED) is 0.227. The normalized spacial score (nSPS) is 12.8. The van der Waals surface area contributed by atoms with E-state index in [-0.39, 0.29) is 20.0 Å². The van der Waals surface area contributed by atoms with E-state index in [9.17, 15) is 9.59 Å². The lowest BCUT2D eigenvalue weighted by atomic mass is 10.1. The second-order valence-corrected chi connectivity index (χ2v) is 7.47. The molecule has 0 atom stereocenters. The van der Waals surface area contributed by atoms with Gasteiger partial charge in [0.2, 0.25) is 13.4 Å². The van der Waals surface area contributed by atoms with E-state index in [1.165, 1.54) is 6.07 Å². The largest absolute Gasteiger partial charge is 0.458 e. The van der Waals surface area contributed by atoms with Gasteiger partial charge in [0.05, 0.1) is 5.71 Å². The molecular weight excluding hydrogens is 438 g/mol. The van der Waals surface area contributed by atoms with Gasteiger partial charge in [-0.1, -0.05) is 23.7 Å². The van der Waals surface area contributed by atoms with E-state index in [4.69, 9.17) is 35.1 Å². The number of benzene rings is 2. The third-order valence-electron chi connectivity index (χ3n) is 4.94. The average Bonchev–Trinajstić information content (AvgIpc) is 3.25. The molecule has 1 aliphatic rings.